The van der Waals surface area contributed by atoms with Crippen LogP contribution in [-0.2, 0) is 0 Å². The zero-order chi connectivity index (χ0) is 15.5. The summed E-state index contributed by atoms with van der Waals surface area (Å²) < 4.78 is 0. The van der Waals surface area contributed by atoms with E-state index in [-0.39, 0.29) is 22.9 Å². The standard InChI is InChI=1S/C14H9ClN6O/c15-12-19-13(17-7-16)21-14(20-12)18-10-6-5-8-3-1-2-4-9(8)11(10)22/h1-6,22H,(H2,17,18,19,20,21). The Kier molecular flexibility index (Phi) is 3.60. The number of benzene rings is 2. The molecule has 0 spiro atoms. The van der Waals surface area contributed by atoms with Crippen LogP contribution in [0.1, 0.15) is 0 Å². The summed E-state index contributed by atoms with van der Waals surface area (Å²) in [6, 6.07) is 11.0. The number of phenolic OH excluding ortho intramolecular Hbond substituents is 1. The number of nitrogens with one attached hydrogen (secondary N) is 2. The summed E-state index contributed by atoms with van der Waals surface area (Å²) >= 11 is 5.77. The molecule has 0 aliphatic carbocycles. The number of hydrogen-bond acceptors (Lipinski definition) is 7. The minimum atomic E-state index is -0.0736. The van der Waals surface area contributed by atoms with Crippen LogP contribution in [-0.4, -0.2) is 20.1 Å². The van der Waals surface area contributed by atoms with Crippen molar-refractivity contribution < 1.29 is 5.11 Å². The second-order valence-electron chi connectivity index (χ2n) is 4.30. The third-order valence-electron chi connectivity index (χ3n) is 2.92. The second-order valence-corrected chi connectivity index (χ2v) is 4.63. The molecule has 0 saturated carbocycles. The number of rotatable bonds is 3. The lowest BCUT2D eigenvalue weighted by Crippen LogP contribution is -2.03. The summed E-state index contributed by atoms with van der Waals surface area (Å²) in [5.41, 5.74) is 0.420. The third-order valence-corrected chi connectivity index (χ3v) is 3.09. The molecule has 3 aromatic rings. The summed E-state index contributed by atoms with van der Waals surface area (Å²) in [7, 11) is 0. The lowest BCUT2D eigenvalue weighted by Gasteiger charge is -2.10. The van der Waals surface area contributed by atoms with Crippen LogP contribution in [0.5, 0.6) is 5.75 Å². The van der Waals surface area contributed by atoms with Gasteiger partial charge in [0.2, 0.25) is 17.2 Å². The molecule has 0 fully saturated rings. The van der Waals surface area contributed by atoms with Gasteiger partial charge in [-0.25, -0.2) is 0 Å². The second kappa shape index (κ2) is 5.71. The highest BCUT2D eigenvalue weighted by molar-refractivity contribution is 6.28. The van der Waals surface area contributed by atoms with Gasteiger partial charge in [0.1, 0.15) is 5.75 Å². The Morgan fingerprint density at radius 3 is 2.64 bits per heavy atom. The Hall–Kier alpha value is -3.11. The van der Waals surface area contributed by atoms with Gasteiger partial charge in [-0.1, -0.05) is 30.3 Å². The quantitative estimate of drug-likeness (QED) is 0.387. The molecule has 0 atom stereocenters. The largest absolute Gasteiger partial charge is 0.505 e. The van der Waals surface area contributed by atoms with Crippen molar-refractivity contribution in [1.82, 2.24) is 15.0 Å². The summed E-state index contributed by atoms with van der Waals surface area (Å²) in [5, 5.41) is 25.6. The predicted octanol–water partition coefficient (Wildman–Crippen LogP) is 3.02. The van der Waals surface area contributed by atoms with Crippen molar-refractivity contribution in [3.63, 3.8) is 0 Å². The van der Waals surface area contributed by atoms with Crippen LogP contribution in [0, 0.1) is 11.5 Å². The topological polar surface area (TPSA) is 107 Å². The number of anilines is 3. The number of nitrogens with zero attached hydrogens (tertiary/aromatic N) is 4. The van der Waals surface area contributed by atoms with Gasteiger partial charge in [-0.2, -0.15) is 20.2 Å². The molecule has 3 rings (SSSR count). The van der Waals surface area contributed by atoms with Crippen LogP contribution in [0.25, 0.3) is 10.8 Å². The van der Waals surface area contributed by atoms with Gasteiger partial charge in [-0.15, -0.1) is 0 Å². The summed E-state index contributed by atoms with van der Waals surface area (Å²) in [5.74, 6) is 0.207. The molecule has 1 aromatic heterocycles. The van der Waals surface area contributed by atoms with Crippen LogP contribution < -0.4 is 10.6 Å². The normalized spacial score (nSPS) is 10.2. The van der Waals surface area contributed by atoms with Gasteiger partial charge in [-0.05, 0) is 23.1 Å². The van der Waals surface area contributed by atoms with Gasteiger partial charge in [0, 0.05) is 5.39 Å². The smallest absolute Gasteiger partial charge is 0.242 e. The fourth-order valence-electron chi connectivity index (χ4n) is 1.99. The first-order valence-electron chi connectivity index (χ1n) is 6.22. The van der Waals surface area contributed by atoms with E-state index >= 15 is 0 Å². The maximum atomic E-state index is 10.3. The molecule has 0 radical (unpaired) electrons. The average Bonchev–Trinajstić information content (AvgIpc) is 2.50. The van der Waals surface area contributed by atoms with E-state index < -0.39 is 0 Å². The van der Waals surface area contributed by atoms with E-state index in [1.54, 1.807) is 18.3 Å². The van der Waals surface area contributed by atoms with Crippen molar-refractivity contribution >= 4 is 40.0 Å². The van der Waals surface area contributed by atoms with E-state index in [9.17, 15) is 5.11 Å². The van der Waals surface area contributed by atoms with E-state index in [0.29, 0.717) is 11.1 Å². The number of phenols is 1. The molecule has 7 nitrogen and oxygen atoms in total. The highest BCUT2D eigenvalue weighted by atomic mass is 35.5. The molecule has 3 N–H and O–H groups in total. The molecule has 0 saturated heterocycles. The highest BCUT2D eigenvalue weighted by Gasteiger charge is 2.10. The van der Waals surface area contributed by atoms with Crippen molar-refractivity contribution in [2.75, 3.05) is 10.6 Å². The van der Waals surface area contributed by atoms with Gasteiger partial charge in [-0.3, -0.25) is 5.32 Å². The van der Waals surface area contributed by atoms with Crippen molar-refractivity contribution in [2.45, 2.75) is 0 Å². The van der Waals surface area contributed by atoms with Crippen molar-refractivity contribution in [3.8, 4) is 11.9 Å². The zero-order valence-corrected chi connectivity index (χ0v) is 11.8. The first-order chi connectivity index (χ1) is 10.7. The average molecular weight is 313 g/mol. The molecular formula is C14H9ClN6O. The Labute approximate surface area is 130 Å². The Morgan fingerprint density at radius 2 is 1.82 bits per heavy atom. The SMILES string of the molecule is N#CNc1nc(Cl)nc(Nc2ccc3ccccc3c2O)n1. The van der Waals surface area contributed by atoms with E-state index in [0.717, 1.165) is 5.39 Å². The number of nitriles is 1. The van der Waals surface area contributed by atoms with Crippen LogP contribution >= 0.6 is 11.6 Å². The molecule has 108 valence electrons. The first-order valence-corrected chi connectivity index (χ1v) is 6.59. The van der Waals surface area contributed by atoms with E-state index in [1.807, 2.05) is 24.3 Å². The maximum absolute atomic E-state index is 10.3. The maximum Gasteiger partial charge on any atom is 0.242 e. The van der Waals surface area contributed by atoms with Gasteiger partial charge >= 0.3 is 0 Å². The lowest BCUT2D eigenvalue weighted by molar-refractivity contribution is 0.484. The van der Waals surface area contributed by atoms with Crippen LogP contribution in [0.2, 0.25) is 5.28 Å². The molecule has 0 unspecified atom stereocenters. The molecular weight excluding hydrogens is 304 g/mol. The monoisotopic (exact) mass is 312 g/mol. The number of aromatic hydroxyl groups is 1. The summed E-state index contributed by atoms with van der Waals surface area (Å²) in [6.45, 7) is 0. The molecule has 0 aliphatic heterocycles. The number of hydrogen-bond donors (Lipinski definition) is 3. The molecule has 0 aliphatic rings. The molecule has 0 amide bonds. The minimum Gasteiger partial charge on any atom is -0.505 e. The van der Waals surface area contributed by atoms with Gasteiger partial charge in [0.25, 0.3) is 0 Å². The molecule has 2 aromatic carbocycles. The Balaban J connectivity index is 2.00. The van der Waals surface area contributed by atoms with Crippen molar-refractivity contribution in [1.29, 1.82) is 5.26 Å². The van der Waals surface area contributed by atoms with E-state index in [1.165, 1.54) is 0 Å². The van der Waals surface area contributed by atoms with Crippen molar-refractivity contribution in [2.24, 2.45) is 0 Å². The van der Waals surface area contributed by atoms with E-state index in [4.69, 9.17) is 16.9 Å². The van der Waals surface area contributed by atoms with Gasteiger partial charge in [0.15, 0.2) is 6.19 Å². The number of fused-ring (bicyclic) bond motifs is 1. The first kappa shape index (κ1) is 13.9. The van der Waals surface area contributed by atoms with Crippen molar-refractivity contribution in [3.05, 3.63) is 41.7 Å². The summed E-state index contributed by atoms with van der Waals surface area (Å²) in [4.78, 5) is 11.6. The lowest BCUT2D eigenvalue weighted by atomic mass is 10.1. The van der Waals surface area contributed by atoms with Crippen LogP contribution in [0.15, 0.2) is 36.4 Å². The highest BCUT2D eigenvalue weighted by Crippen LogP contribution is 2.33. The minimum absolute atomic E-state index is 0.0188. The van der Waals surface area contributed by atoms with Crippen LogP contribution in [0.3, 0.4) is 0 Å². The predicted molar refractivity (Wildman–Crippen MR) is 83.0 cm³/mol. The third kappa shape index (κ3) is 2.68. The summed E-state index contributed by atoms with van der Waals surface area (Å²) in [6.07, 6.45) is 1.70. The zero-order valence-electron chi connectivity index (χ0n) is 11.1. The Bertz CT molecular complexity index is 892. The number of halogens is 1. The fourth-order valence-corrected chi connectivity index (χ4v) is 2.15. The molecule has 8 heteroatoms. The molecule has 22 heavy (non-hydrogen) atoms. The van der Waals surface area contributed by atoms with Gasteiger partial charge in [0.05, 0.1) is 5.69 Å². The fraction of sp³-hybridized carbons (Fsp3) is 0. The molecule has 1 heterocycles. The van der Waals surface area contributed by atoms with E-state index in [2.05, 4.69) is 25.6 Å². The Morgan fingerprint density at radius 1 is 1.05 bits per heavy atom. The van der Waals surface area contributed by atoms with Gasteiger partial charge < -0.3 is 10.4 Å². The molecule has 0 bridgehead atoms. The number of aromatic nitrogens is 3. The van der Waals surface area contributed by atoms with Crippen LogP contribution in [0.4, 0.5) is 17.6 Å².